The number of carbonyl (C=O) groups excluding carboxylic acids is 3. The topological polar surface area (TPSA) is 159 Å². The van der Waals surface area contributed by atoms with Crippen LogP contribution in [0.25, 0.3) is 11.0 Å². The van der Waals surface area contributed by atoms with Gasteiger partial charge < -0.3 is 30.1 Å². The van der Waals surface area contributed by atoms with Crippen LogP contribution >= 0.6 is 0 Å². The van der Waals surface area contributed by atoms with Gasteiger partial charge in [-0.1, -0.05) is 32.1 Å². The first-order chi connectivity index (χ1) is 20.3. The van der Waals surface area contributed by atoms with Crippen molar-refractivity contribution in [1.82, 2.24) is 29.2 Å². The van der Waals surface area contributed by atoms with Crippen molar-refractivity contribution in [3.8, 4) is 0 Å². The van der Waals surface area contributed by atoms with Crippen LogP contribution in [0.15, 0.2) is 53.5 Å². The number of hydrogen-bond donors (Lipinski definition) is 3. The van der Waals surface area contributed by atoms with Crippen LogP contribution in [0.5, 0.6) is 0 Å². The Morgan fingerprint density at radius 1 is 1.05 bits per heavy atom. The molecule has 13 nitrogen and oxygen atoms in total. The predicted octanol–water partition coefficient (Wildman–Crippen LogP) is 2.97. The molecule has 1 atom stereocenters. The third-order valence-corrected chi connectivity index (χ3v) is 6.59. The van der Waals surface area contributed by atoms with Crippen LogP contribution in [0.2, 0.25) is 0 Å². The molecule has 3 N–H and O–H groups in total. The minimum Gasteiger partial charge on any atom is -0.464 e. The highest BCUT2D eigenvalue weighted by atomic mass is 16.4. The van der Waals surface area contributed by atoms with E-state index in [1.165, 1.54) is 46.8 Å². The van der Waals surface area contributed by atoms with Gasteiger partial charge in [0.2, 0.25) is 11.8 Å². The molecule has 2 aromatic heterocycles. The van der Waals surface area contributed by atoms with Crippen LogP contribution in [-0.4, -0.2) is 87.2 Å². The van der Waals surface area contributed by atoms with Gasteiger partial charge in [0, 0.05) is 34.4 Å². The van der Waals surface area contributed by atoms with E-state index in [9.17, 15) is 29.1 Å². The summed E-state index contributed by atoms with van der Waals surface area (Å²) < 4.78 is 2.33. The molecular weight excluding hydrogens is 554 g/mol. The van der Waals surface area contributed by atoms with Gasteiger partial charge in [-0.3, -0.25) is 14.4 Å². The zero-order valence-corrected chi connectivity index (χ0v) is 25.3. The number of urea groups is 1. The Morgan fingerprint density at radius 3 is 2.40 bits per heavy atom. The van der Waals surface area contributed by atoms with Crippen molar-refractivity contribution < 1.29 is 24.3 Å². The molecule has 230 valence electrons. The van der Waals surface area contributed by atoms with Crippen LogP contribution in [-0.2, 0) is 22.6 Å². The fourth-order valence-electron chi connectivity index (χ4n) is 4.40. The van der Waals surface area contributed by atoms with Crippen molar-refractivity contribution in [2.24, 2.45) is 5.92 Å². The quantitative estimate of drug-likeness (QED) is 0.288. The maximum Gasteiger partial charge on any atom is 0.417 e. The molecule has 0 radical (unpaired) electrons. The Balaban J connectivity index is 1.88. The molecule has 0 saturated carbocycles. The van der Waals surface area contributed by atoms with Gasteiger partial charge in [0.1, 0.15) is 17.6 Å². The molecule has 2 heterocycles. The number of fused-ring (bicyclic) bond motifs is 1. The number of benzene rings is 1. The molecule has 0 fully saturated rings. The highest BCUT2D eigenvalue weighted by Crippen LogP contribution is 2.23. The summed E-state index contributed by atoms with van der Waals surface area (Å²) in [5.41, 5.74) is 1.28. The normalized spacial score (nSPS) is 12.0. The number of carbonyl (C=O) groups is 4. The number of rotatable bonds is 11. The Labute approximate surface area is 249 Å². The van der Waals surface area contributed by atoms with Crippen molar-refractivity contribution in [1.29, 1.82) is 0 Å². The lowest BCUT2D eigenvalue weighted by Crippen LogP contribution is -2.48. The summed E-state index contributed by atoms with van der Waals surface area (Å²) in [6.07, 6.45) is 4.45. The second kappa shape index (κ2) is 14.3. The van der Waals surface area contributed by atoms with Crippen molar-refractivity contribution in [3.05, 3.63) is 70.4 Å². The minimum absolute atomic E-state index is 0.0478. The van der Waals surface area contributed by atoms with Gasteiger partial charge in [0.05, 0.1) is 17.6 Å². The second-order valence-electron chi connectivity index (χ2n) is 11.0. The largest absolute Gasteiger partial charge is 0.464 e. The average molecular weight is 594 g/mol. The maximum atomic E-state index is 13.4. The van der Waals surface area contributed by atoms with E-state index >= 15 is 0 Å². The summed E-state index contributed by atoms with van der Waals surface area (Å²) in [4.78, 5) is 70.3. The Kier molecular flexibility index (Phi) is 10.8. The second-order valence-corrected chi connectivity index (χ2v) is 11.0. The van der Waals surface area contributed by atoms with E-state index in [1.807, 2.05) is 6.07 Å². The van der Waals surface area contributed by atoms with E-state index in [-0.39, 0.29) is 30.4 Å². The van der Waals surface area contributed by atoms with Gasteiger partial charge in [-0.25, -0.2) is 19.1 Å². The van der Waals surface area contributed by atoms with Crippen LogP contribution in [0.3, 0.4) is 0 Å². The molecule has 0 aliphatic rings. The average Bonchev–Trinajstić information content (AvgIpc) is 3.31. The predicted molar refractivity (Wildman–Crippen MR) is 163 cm³/mol. The molecule has 4 amide bonds. The zero-order chi connectivity index (χ0) is 31.8. The Hall–Kier alpha value is -4.94. The number of carboxylic acid groups (broad SMARTS) is 1. The van der Waals surface area contributed by atoms with Gasteiger partial charge in [0.15, 0.2) is 0 Å². The summed E-state index contributed by atoms with van der Waals surface area (Å²) in [5, 5.41) is 15.2. The molecule has 3 rings (SSSR count). The number of aromatic nitrogens is 3. The lowest BCUT2D eigenvalue weighted by atomic mass is 10.0. The molecular formula is C30H39N7O6. The number of anilines is 1. The van der Waals surface area contributed by atoms with Crippen molar-refractivity contribution >= 4 is 40.7 Å². The summed E-state index contributed by atoms with van der Waals surface area (Å²) in [5.74, 6) is -0.349. The molecule has 0 saturated heterocycles. The summed E-state index contributed by atoms with van der Waals surface area (Å²) in [6.45, 7) is 3.97. The lowest BCUT2D eigenvalue weighted by Gasteiger charge is -2.20. The summed E-state index contributed by atoms with van der Waals surface area (Å²) in [7, 11) is 6.31. The monoisotopic (exact) mass is 593 g/mol. The van der Waals surface area contributed by atoms with E-state index in [0.717, 1.165) is 10.1 Å². The standard InChI is InChI=1S/C30H39N7O6/c1-19(2)17-20-11-9-14-23-26(20)33-24(37(23)30(42)43)18-36-16-10-13-22(28(36)40)31-27(39)21(32-29(41)35(5)6)12-7-8-15-25(38)34(3)4/h8-11,13-16,19,21H,7,12,17-18H2,1-6H3,(H,31,39)(H,32,41)(H,42,43)/b15-8+/t21-/m0/s1. The van der Waals surface area contributed by atoms with Crippen LogP contribution in [0, 0.1) is 5.92 Å². The van der Waals surface area contributed by atoms with Gasteiger partial charge >= 0.3 is 12.1 Å². The van der Waals surface area contributed by atoms with Crippen molar-refractivity contribution in [2.75, 3.05) is 33.5 Å². The smallest absolute Gasteiger partial charge is 0.417 e. The highest BCUT2D eigenvalue weighted by molar-refractivity contribution is 5.97. The number of likely N-dealkylation sites (N-methyl/N-ethyl adjacent to an activating group) is 1. The van der Waals surface area contributed by atoms with Crippen LogP contribution < -0.4 is 16.2 Å². The SMILES string of the molecule is CC(C)Cc1cccc2c1nc(Cn1cccc(NC(=O)[C@H](CC/C=C/C(=O)N(C)C)NC(=O)N(C)C)c1=O)n2C(=O)O. The van der Waals surface area contributed by atoms with E-state index in [0.29, 0.717) is 29.8 Å². The number of hydrogen-bond acceptors (Lipinski definition) is 6. The lowest BCUT2D eigenvalue weighted by molar-refractivity contribution is -0.123. The van der Waals surface area contributed by atoms with Crippen molar-refractivity contribution in [2.45, 2.75) is 45.7 Å². The first-order valence-electron chi connectivity index (χ1n) is 13.9. The molecule has 43 heavy (non-hydrogen) atoms. The molecule has 0 aliphatic carbocycles. The molecule has 1 aromatic carbocycles. The first kappa shape index (κ1) is 32.6. The van der Waals surface area contributed by atoms with E-state index < -0.39 is 29.6 Å². The molecule has 0 bridgehead atoms. The number of nitrogens with zero attached hydrogens (tertiary/aromatic N) is 5. The zero-order valence-electron chi connectivity index (χ0n) is 25.3. The van der Waals surface area contributed by atoms with Gasteiger partial charge in [0.25, 0.3) is 5.56 Å². The highest BCUT2D eigenvalue weighted by Gasteiger charge is 2.23. The van der Waals surface area contributed by atoms with Gasteiger partial charge in [-0.15, -0.1) is 0 Å². The molecule has 3 aromatic rings. The van der Waals surface area contributed by atoms with Crippen LogP contribution in [0.1, 0.15) is 38.1 Å². The summed E-state index contributed by atoms with van der Waals surface area (Å²) in [6, 6.07) is 6.86. The first-order valence-corrected chi connectivity index (χ1v) is 13.9. The Morgan fingerprint density at radius 2 is 1.77 bits per heavy atom. The third-order valence-electron chi connectivity index (χ3n) is 6.59. The number of amides is 4. The number of imidazole rings is 1. The summed E-state index contributed by atoms with van der Waals surface area (Å²) >= 11 is 0. The number of allylic oxidation sites excluding steroid dienone is 1. The molecule has 0 aliphatic heterocycles. The number of para-hydroxylation sites is 1. The fraction of sp³-hybridized carbons (Fsp3) is 0.400. The van der Waals surface area contributed by atoms with E-state index in [2.05, 4.69) is 29.5 Å². The third kappa shape index (κ3) is 8.31. The fourth-order valence-corrected chi connectivity index (χ4v) is 4.40. The molecule has 13 heteroatoms. The minimum atomic E-state index is -1.22. The van der Waals surface area contributed by atoms with Crippen molar-refractivity contribution in [3.63, 3.8) is 0 Å². The maximum absolute atomic E-state index is 13.4. The van der Waals surface area contributed by atoms with E-state index in [1.54, 1.807) is 38.4 Å². The number of nitrogens with one attached hydrogen (secondary N) is 2. The Bertz CT molecular complexity index is 1590. The van der Waals surface area contributed by atoms with Gasteiger partial charge in [-0.2, -0.15) is 0 Å². The van der Waals surface area contributed by atoms with Gasteiger partial charge in [-0.05, 0) is 55.0 Å². The van der Waals surface area contributed by atoms with Crippen LogP contribution in [0.4, 0.5) is 15.3 Å². The van der Waals surface area contributed by atoms with E-state index in [4.69, 9.17) is 0 Å². The molecule has 0 spiro atoms. The molecule has 0 unspecified atom stereocenters. The number of pyridine rings is 1.